The first-order chi connectivity index (χ1) is 11.0. The molecule has 0 aliphatic carbocycles. The van der Waals surface area contributed by atoms with E-state index in [-0.39, 0.29) is 24.1 Å². The van der Waals surface area contributed by atoms with Crippen molar-refractivity contribution in [3.05, 3.63) is 24.3 Å². The summed E-state index contributed by atoms with van der Waals surface area (Å²) in [5.74, 6) is -0.413. The second-order valence-corrected chi connectivity index (χ2v) is 5.15. The van der Waals surface area contributed by atoms with Crippen molar-refractivity contribution in [2.45, 2.75) is 25.5 Å². The summed E-state index contributed by atoms with van der Waals surface area (Å²) in [6.07, 6.45) is 1.32. The number of halogens is 2. The Labute approximate surface area is 132 Å². The highest BCUT2D eigenvalue weighted by Crippen LogP contribution is 2.24. The third-order valence-corrected chi connectivity index (χ3v) is 3.48. The lowest BCUT2D eigenvalue weighted by atomic mass is 10.0. The van der Waals surface area contributed by atoms with E-state index in [0.29, 0.717) is 18.7 Å². The van der Waals surface area contributed by atoms with Gasteiger partial charge in [0.15, 0.2) is 0 Å². The number of hydrogen-bond donors (Lipinski definition) is 2. The number of hydrogen-bond acceptors (Lipinski definition) is 4. The zero-order valence-electron chi connectivity index (χ0n) is 12.7. The zero-order chi connectivity index (χ0) is 16.8. The van der Waals surface area contributed by atoms with E-state index in [9.17, 15) is 18.4 Å². The number of rotatable bonds is 6. The van der Waals surface area contributed by atoms with E-state index < -0.39 is 12.7 Å². The fourth-order valence-corrected chi connectivity index (χ4v) is 2.48. The fourth-order valence-electron chi connectivity index (χ4n) is 2.48. The minimum atomic E-state index is -2.88. The molecular formula is C15H19F2N3O3. The van der Waals surface area contributed by atoms with E-state index in [0.717, 1.165) is 6.42 Å². The first-order valence-electron chi connectivity index (χ1n) is 7.31. The van der Waals surface area contributed by atoms with Gasteiger partial charge < -0.3 is 20.3 Å². The molecule has 1 aliphatic rings. The van der Waals surface area contributed by atoms with Crippen molar-refractivity contribution in [2.24, 2.45) is 0 Å². The van der Waals surface area contributed by atoms with Gasteiger partial charge in [0.2, 0.25) is 11.8 Å². The number of benzene rings is 1. The summed E-state index contributed by atoms with van der Waals surface area (Å²) in [6, 6.07) is 5.30. The predicted molar refractivity (Wildman–Crippen MR) is 80.5 cm³/mol. The van der Waals surface area contributed by atoms with Crippen molar-refractivity contribution < 1.29 is 23.1 Å². The summed E-state index contributed by atoms with van der Waals surface area (Å²) in [7, 11) is 1.65. The molecule has 23 heavy (non-hydrogen) atoms. The Hall–Kier alpha value is -2.22. The molecule has 1 aromatic rings. The third-order valence-electron chi connectivity index (χ3n) is 3.48. The Kier molecular flexibility index (Phi) is 5.86. The smallest absolute Gasteiger partial charge is 0.387 e. The van der Waals surface area contributed by atoms with Gasteiger partial charge in [-0.05, 0) is 44.2 Å². The lowest BCUT2D eigenvalue weighted by Gasteiger charge is -2.32. The van der Waals surface area contributed by atoms with Crippen LogP contribution in [0.25, 0.3) is 0 Å². The molecule has 0 saturated carbocycles. The van der Waals surface area contributed by atoms with Crippen LogP contribution in [0.15, 0.2) is 24.3 Å². The Morgan fingerprint density at radius 3 is 2.70 bits per heavy atom. The molecule has 0 bridgehead atoms. The Morgan fingerprint density at radius 2 is 2.09 bits per heavy atom. The lowest BCUT2D eigenvalue weighted by molar-refractivity contribution is -0.128. The van der Waals surface area contributed by atoms with Gasteiger partial charge in [-0.1, -0.05) is 0 Å². The molecule has 1 fully saturated rings. The zero-order valence-corrected chi connectivity index (χ0v) is 12.7. The highest BCUT2D eigenvalue weighted by Gasteiger charge is 2.30. The van der Waals surface area contributed by atoms with E-state index >= 15 is 0 Å². The van der Waals surface area contributed by atoms with Crippen molar-refractivity contribution in [1.29, 1.82) is 0 Å². The Bertz CT molecular complexity index is 551. The van der Waals surface area contributed by atoms with Gasteiger partial charge in [-0.15, -0.1) is 0 Å². The molecule has 1 heterocycles. The summed E-state index contributed by atoms with van der Waals surface area (Å²) < 4.78 is 28.6. The quantitative estimate of drug-likeness (QED) is 0.821. The monoisotopic (exact) mass is 327 g/mol. The first kappa shape index (κ1) is 17.1. The van der Waals surface area contributed by atoms with E-state index in [4.69, 9.17) is 0 Å². The largest absolute Gasteiger partial charge is 0.435 e. The number of nitrogens with zero attached hydrogens (tertiary/aromatic N) is 1. The van der Waals surface area contributed by atoms with Crippen LogP contribution in [0, 0.1) is 0 Å². The molecule has 0 spiro atoms. The minimum Gasteiger partial charge on any atom is -0.435 e. The van der Waals surface area contributed by atoms with E-state index in [2.05, 4.69) is 15.4 Å². The summed E-state index contributed by atoms with van der Waals surface area (Å²) >= 11 is 0. The average Bonchev–Trinajstić information content (AvgIpc) is 2.50. The number of carbonyl (C=O) groups excluding carboxylic acids is 2. The second kappa shape index (κ2) is 7.87. The van der Waals surface area contributed by atoms with Crippen molar-refractivity contribution in [2.75, 3.05) is 25.0 Å². The Balaban J connectivity index is 2.04. The highest BCUT2D eigenvalue weighted by atomic mass is 19.3. The molecule has 8 heteroatoms. The number of ether oxygens (including phenoxy) is 1. The molecular weight excluding hydrogens is 308 g/mol. The van der Waals surface area contributed by atoms with Gasteiger partial charge in [0.05, 0.1) is 6.54 Å². The van der Waals surface area contributed by atoms with Crippen LogP contribution >= 0.6 is 0 Å². The van der Waals surface area contributed by atoms with Crippen LogP contribution in [0.1, 0.15) is 12.8 Å². The van der Waals surface area contributed by atoms with E-state index in [1.807, 2.05) is 0 Å². The second-order valence-electron chi connectivity index (χ2n) is 5.15. The fraction of sp³-hybridized carbons (Fsp3) is 0.467. The molecule has 2 N–H and O–H groups in total. The van der Waals surface area contributed by atoms with Crippen LogP contribution < -0.4 is 20.3 Å². The standard InChI is InChI=1S/C15H19F2N3O3/c1-18-9-13(21)19-12-3-2-8-20(14(12)22)10-4-6-11(7-5-10)23-15(16)17/h4-7,12,15,18H,2-3,8-9H2,1H3,(H,19,21). The first-order valence-corrected chi connectivity index (χ1v) is 7.31. The van der Waals surface area contributed by atoms with Crippen molar-refractivity contribution in [1.82, 2.24) is 10.6 Å². The van der Waals surface area contributed by atoms with Crippen LogP contribution in [0.5, 0.6) is 5.75 Å². The number of anilines is 1. The van der Waals surface area contributed by atoms with E-state index in [1.54, 1.807) is 24.1 Å². The summed E-state index contributed by atoms with van der Waals surface area (Å²) in [6.45, 7) is -2.22. The molecule has 1 atom stereocenters. The highest BCUT2D eigenvalue weighted by molar-refractivity contribution is 6.00. The number of alkyl halides is 2. The summed E-state index contributed by atoms with van der Waals surface area (Å²) in [5.41, 5.74) is 0.587. The molecule has 2 rings (SSSR count). The number of carbonyl (C=O) groups is 2. The van der Waals surface area contributed by atoms with Gasteiger partial charge in [-0.3, -0.25) is 9.59 Å². The minimum absolute atomic E-state index is 0.0343. The number of amides is 2. The summed E-state index contributed by atoms with van der Waals surface area (Å²) in [5, 5.41) is 5.41. The molecule has 0 aromatic heterocycles. The summed E-state index contributed by atoms with van der Waals surface area (Å²) in [4.78, 5) is 25.6. The van der Waals surface area contributed by atoms with Crippen LogP contribution in [-0.4, -0.2) is 44.6 Å². The van der Waals surface area contributed by atoms with Gasteiger partial charge >= 0.3 is 6.61 Å². The van der Waals surface area contributed by atoms with Crippen LogP contribution in [-0.2, 0) is 9.59 Å². The molecule has 6 nitrogen and oxygen atoms in total. The van der Waals surface area contributed by atoms with Crippen LogP contribution in [0.2, 0.25) is 0 Å². The van der Waals surface area contributed by atoms with Gasteiger partial charge in [-0.2, -0.15) is 8.78 Å². The van der Waals surface area contributed by atoms with Crippen molar-refractivity contribution in [3.8, 4) is 5.75 Å². The molecule has 1 unspecified atom stereocenters. The SMILES string of the molecule is CNCC(=O)NC1CCCN(c2ccc(OC(F)F)cc2)C1=O. The Morgan fingerprint density at radius 1 is 1.39 bits per heavy atom. The third kappa shape index (κ3) is 4.62. The molecule has 0 radical (unpaired) electrons. The average molecular weight is 327 g/mol. The van der Waals surface area contributed by atoms with Gasteiger partial charge in [0.1, 0.15) is 11.8 Å². The maximum atomic E-state index is 12.5. The topological polar surface area (TPSA) is 70.7 Å². The number of likely N-dealkylation sites (N-methyl/N-ethyl adjacent to an activating group) is 1. The molecule has 2 amide bonds. The van der Waals surface area contributed by atoms with Gasteiger partial charge in [0.25, 0.3) is 0 Å². The maximum absolute atomic E-state index is 12.5. The molecule has 1 saturated heterocycles. The predicted octanol–water partition coefficient (Wildman–Crippen LogP) is 1.12. The maximum Gasteiger partial charge on any atom is 0.387 e. The number of nitrogens with one attached hydrogen (secondary N) is 2. The lowest BCUT2D eigenvalue weighted by Crippen LogP contribution is -2.53. The van der Waals surface area contributed by atoms with Gasteiger partial charge in [0, 0.05) is 12.2 Å². The molecule has 1 aliphatic heterocycles. The van der Waals surface area contributed by atoms with Crippen LogP contribution in [0.3, 0.4) is 0 Å². The van der Waals surface area contributed by atoms with E-state index in [1.165, 1.54) is 12.1 Å². The normalized spacial score (nSPS) is 18.2. The van der Waals surface area contributed by atoms with Crippen molar-refractivity contribution in [3.63, 3.8) is 0 Å². The molecule has 126 valence electrons. The molecule has 1 aromatic carbocycles. The van der Waals surface area contributed by atoms with Crippen LogP contribution in [0.4, 0.5) is 14.5 Å². The van der Waals surface area contributed by atoms with Crippen molar-refractivity contribution >= 4 is 17.5 Å². The van der Waals surface area contributed by atoms with Gasteiger partial charge in [-0.25, -0.2) is 0 Å². The number of piperidine rings is 1.